The van der Waals surface area contributed by atoms with Gasteiger partial charge in [-0.25, -0.2) is 0 Å². The molecule has 0 aromatic carbocycles. The van der Waals surface area contributed by atoms with Crippen molar-refractivity contribution in [3.8, 4) is 0 Å². The Morgan fingerprint density at radius 1 is 1.69 bits per heavy atom. The Balaban J connectivity index is 2.28. The molecule has 16 heavy (non-hydrogen) atoms. The molecule has 6 heteroatoms. The molecule has 1 atom stereocenters. The molecule has 0 aliphatic rings. The first-order valence-corrected chi connectivity index (χ1v) is 5.58. The summed E-state index contributed by atoms with van der Waals surface area (Å²) in [7, 11) is 1.65. The number of methoxy groups -OCH3 is 1. The molecule has 0 saturated carbocycles. The summed E-state index contributed by atoms with van der Waals surface area (Å²) in [5.74, 6) is 0. The molecule has 1 heterocycles. The van der Waals surface area contributed by atoms with Crippen molar-refractivity contribution in [1.29, 1.82) is 0 Å². The van der Waals surface area contributed by atoms with Crippen LogP contribution >= 0.6 is 11.6 Å². The van der Waals surface area contributed by atoms with Crippen molar-refractivity contribution in [2.24, 2.45) is 0 Å². The van der Waals surface area contributed by atoms with Gasteiger partial charge in [0.2, 0.25) is 0 Å². The topological polar surface area (TPSA) is 59.3 Å². The van der Waals surface area contributed by atoms with Crippen LogP contribution in [0.1, 0.15) is 5.69 Å². The Hall–Kier alpha value is -0.620. The van der Waals surface area contributed by atoms with Crippen molar-refractivity contribution >= 4 is 11.6 Å². The number of rotatable bonds is 7. The Labute approximate surface area is 100 Å². The van der Waals surface area contributed by atoms with E-state index in [1.807, 2.05) is 6.92 Å². The third-order valence-corrected chi connectivity index (χ3v) is 2.66. The second-order valence-corrected chi connectivity index (χ2v) is 4.02. The zero-order valence-electron chi connectivity index (χ0n) is 9.61. The second-order valence-electron chi connectivity index (χ2n) is 3.61. The van der Waals surface area contributed by atoms with Crippen molar-refractivity contribution in [1.82, 2.24) is 15.1 Å². The maximum atomic E-state index is 9.73. The molecule has 0 saturated heterocycles. The molecule has 5 nitrogen and oxygen atoms in total. The summed E-state index contributed by atoms with van der Waals surface area (Å²) < 4.78 is 6.58. The molecule has 92 valence electrons. The summed E-state index contributed by atoms with van der Waals surface area (Å²) in [5.41, 5.74) is 0.873. The number of aliphatic hydroxyl groups excluding tert-OH is 1. The van der Waals surface area contributed by atoms with Gasteiger partial charge in [0.1, 0.15) is 0 Å². The molecule has 1 rings (SSSR count). The van der Waals surface area contributed by atoms with Crippen LogP contribution in [0.2, 0.25) is 5.02 Å². The van der Waals surface area contributed by atoms with Crippen LogP contribution < -0.4 is 5.32 Å². The number of nitrogens with one attached hydrogen (secondary N) is 1. The minimum Gasteiger partial charge on any atom is -0.390 e. The number of aromatic nitrogens is 2. The van der Waals surface area contributed by atoms with Crippen LogP contribution in [-0.2, 0) is 11.3 Å². The zero-order valence-corrected chi connectivity index (χ0v) is 10.4. The molecule has 0 spiro atoms. The highest BCUT2D eigenvalue weighted by molar-refractivity contribution is 6.31. The molecule has 2 N–H and O–H groups in total. The minimum atomic E-state index is -0.480. The van der Waals surface area contributed by atoms with E-state index >= 15 is 0 Å². The Morgan fingerprint density at radius 2 is 2.44 bits per heavy atom. The van der Waals surface area contributed by atoms with E-state index < -0.39 is 6.10 Å². The summed E-state index contributed by atoms with van der Waals surface area (Å²) in [5, 5.41) is 17.5. The van der Waals surface area contributed by atoms with Crippen LogP contribution in [0.25, 0.3) is 0 Å². The van der Waals surface area contributed by atoms with Gasteiger partial charge < -0.3 is 15.2 Å². The number of hydrogen-bond acceptors (Lipinski definition) is 4. The van der Waals surface area contributed by atoms with Crippen molar-refractivity contribution in [2.45, 2.75) is 19.6 Å². The Morgan fingerprint density at radius 3 is 3.00 bits per heavy atom. The van der Waals surface area contributed by atoms with Crippen LogP contribution in [0.3, 0.4) is 0 Å². The molecule has 0 bridgehead atoms. The molecule has 0 amide bonds. The molecule has 1 aromatic rings. The third kappa shape index (κ3) is 4.09. The van der Waals surface area contributed by atoms with Gasteiger partial charge in [-0.2, -0.15) is 5.10 Å². The average Bonchev–Trinajstić information content (AvgIpc) is 2.56. The second kappa shape index (κ2) is 6.85. The van der Waals surface area contributed by atoms with Gasteiger partial charge in [-0.3, -0.25) is 4.68 Å². The van der Waals surface area contributed by atoms with Crippen molar-refractivity contribution in [2.75, 3.05) is 26.8 Å². The fourth-order valence-corrected chi connectivity index (χ4v) is 1.46. The summed E-state index contributed by atoms with van der Waals surface area (Å²) in [6.07, 6.45) is 1.11. The van der Waals surface area contributed by atoms with E-state index in [1.165, 1.54) is 0 Å². The highest BCUT2D eigenvalue weighted by Gasteiger charge is 2.09. The molecule has 0 aliphatic heterocycles. The fourth-order valence-electron chi connectivity index (χ4n) is 1.31. The molecule has 1 aromatic heterocycles. The molecule has 0 aliphatic carbocycles. The summed E-state index contributed by atoms with van der Waals surface area (Å²) in [6.45, 7) is 4.20. The lowest BCUT2D eigenvalue weighted by molar-refractivity contribution is 0.139. The van der Waals surface area contributed by atoms with Crippen molar-refractivity contribution in [3.05, 3.63) is 16.9 Å². The Bertz CT molecular complexity index is 317. The molecule has 0 fully saturated rings. The number of nitrogens with zero attached hydrogens (tertiary/aromatic N) is 2. The largest absolute Gasteiger partial charge is 0.390 e. The van der Waals surface area contributed by atoms with E-state index in [4.69, 9.17) is 16.3 Å². The summed E-state index contributed by atoms with van der Waals surface area (Å²) in [6, 6.07) is 0. The lowest BCUT2D eigenvalue weighted by Crippen LogP contribution is -2.32. The first kappa shape index (κ1) is 13.4. The van der Waals surface area contributed by atoms with E-state index in [0.717, 1.165) is 12.2 Å². The zero-order chi connectivity index (χ0) is 12.0. The van der Waals surface area contributed by atoms with Crippen LogP contribution in [0, 0.1) is 6.92 Å². The minimum absolute atomic E-state index is 0.443. The van der Waals surface area contributed by atoms with Gasteiger partial charge in [-0.15, -0.1) is 0 Å². The van der Waals surface area contributed by atoms with E-state index in [9.17, 15) is 5.11 Å². The number of hydrogen-bond donors (Lipinski definition) is 2. The first-order valence-electron chi connectivity index (χ1n) is 5.20. The highest BCUT2D eigenvalue weighted by Crippen LogP contribution is 2.13. The molecule has 0 radical (unpaired) electrons. The molecular weight excluding hydrogens is 230 g/mol. The van der Waals surface area contributed by atoms with Gasteiger partial charge in [0.25, 0.3) is 0 Å². The predicted molar refractivity (Wildman–Crippen MR) is 62.7 cm³/mol. The lowest BCUT2D eigenvalue weighted by atomic mass is 10.3. The number of halogens is 1. The predicted octanol–water partition coefficient (Wildman–Crippen LogP) is 0.442. The quantitative estimate of drug-likeness (QED) is 0.687. The third-order valence-electron chi connectivity index (χ3n) is 2.29. The summed E-state index contributed by atoms with van der Waals surface area (Å²) in [4.78, 5) is 0. The van der Waals surface area contributed by atoms with Gasteiger partial charge in [-0.05, 0) is 6.92 Å². The van der Waals surface area contributed by atoms with Crippen molar-refractivity contribution < 1.29 is 9.84 Å². The van der Waals surface area contributed by atoms with Crippen LogP contribution in [0.15, 0.2) is 6.20 Å². The fraction of sp³-hybridized carbons (Fsp3) is 0.700. The monoisotopic (exact) mass is 247 g/mol. The van der Waals surface area contributed by atoms with E-state index in [2.05, 4.69) is 10.4 Å². The average molecular weight is 248 g/mol. The first-order chi connectivity index (χ1) is 7.65. The SMILES string of the molecule is COCCNCC(O)Cn1ncc(Cl)c1C. The standard InChI is InChI=1S/C10H18ClN3O2/c1-8-10(11)6-13-14(8)7-9(15)5-12-3-4-16-2/h6,9,12,15H,3-5,7H2,1-2H3. The van der Waals surface area contributed by atoms with Gasteiger partial charge >= 0.3 is 0 Å². The molecule has 1 unspecified atom stereocenters. The number of aliphatic hydroxyl groups is 1. The van der Waals surface area contributed by atoms with Gasteiger partial charge in [-0.1, -0.05) is 11.6 Å². The van der Waals surface area contributed by atoms with Gasteiger partial charge in [0.15, 0.2) is 0 Å². The maximum Gasteiger partial charge on any atom is 0.0860 e. The van der Waals surface area contributed by atoms with Crippen molar-refractivity contribution in [3.63, 3.8) is 0 Å². The van der Waals surface area contributed by atoms with Crippen LogP contribution in [0.4, 0.5) is 0 Å². The van der Waals surface area contributed by atoms with E-state index in [-0.39, 0.29) is 0 Å². The van der Waals surface area contributed by atoms with E-state index in [1.54, 1.807) is 18.0 Å². The summed E-state index contributed by atoms with van der Waals surface area (Å²) >= 11 is 5.86. The highest BCUT2D eigenvalue weighted by atomic mass is 35.5. The maximum absolute atomic E-state index is 9.73. The smallest absolute Gasteiger partial charge is 0.0860 e. The van der Waals surface area contributed by atoms with Crippen LogP contribution in [-0.4, -0.2) is 47.8 Å². The van der Waals surface area contributed by atoms with Crippen LogP contribution in [0.5, 0.6) is 0 Å². The van der Waals surface area contributed by atoms with Gasteiger partial charge in [0.05, 0.1) is 36.2 Å². The Kier molecular flexibility index (Phi) is 5.76. The van der Waals surface area contributed by atoms with E-state index in [0.29, 0.717) is 24.7 Å². The lowest BCUT2D eigenvalue weighted by Gasteiger charge is -2.12. The van der Waals surface area contributed by atoms with Gasteiger partial charge in [0, 0.05) is 20.2 Å². The normalized spacial score (nSPS) is 13.0. The molecular formula is C10H18ClN3O2. The number of ether oxygens (including phenoxy) is 1.